The molecule has 3 N–H and O–H groups in total. The van der Waals surface area contributed by atoms with Gasteiger partial charge in [0.15, 0.2) is 5.79 Å². The van der Waals surface area contributed by atoms with Crippen molar-refractivity contribution in [3.8, 4) is 0 Å². The molecule has 3 fully saturated rings. The molecule has 76 valence electrons. The molecular formula is C9H11NO4. The minimum atomic E-state index is -1.80. The molecule has 0 radical (unpaired) electrons. The molecule has 1 saturated heterocycles. The molecule has 3 rings (SSSR count). The average molecular weight is 197 g/mol. The van der Waals surface area contributed by atoms with Gasteiger partial charge in [-0.25, -0.2) is 0 Å². The van der Waals surface area contributed by atoms with Gasteiger partial charge in [-0.15, -0.1) is 0 Å². The Hall–Kier alpha value is -0.940. The van der Waals surface area contributed by atoms with Gasteiger partial charge in [-0.05, 0) is 12.8 Å². The summed E-state index contributed by atoms with van der Waals surface area (Å²) in [7, 11) is 0. The zero-order valence-corrected chi connectivity index (χ0v) is 7.43. The van der Waals surface area contributed by atoms with Gasteiger partial charge in [0.2, 0.25) is 11.8 Å². The van der Waals surface area contributed by atoms with Crippen LogP contribution in [0.2, 0.25) is 0 Å². The van der Waals surface area contributed by atoms with Crippen molar-refractivity contribution in [2.45, 2.75) is 18.6 Å². The van der Waals surface area contributed by atoms with E-state index in [0.29, 0.717) is 12.8 Å². The van der Waals surface area contributed by atoms with E-state index in [-0.39, 0.29) is 11.8 Å². The highest BCUT2D eigenvalue weighted by Crippen LogP contribution is 2.58. The highest BCUT2D eigenvalue weighted by atomic mass is 16.5. The van der Waals surface area contributed by atoms with E-state index < -0.39 is 29.5 Å². The van der Waals surface area contributed by atoms with Gasteiger partial charge in [0, 0.05) is 11.8 Å². The summed E-state index contributed by atoms with van der Waals surface area (Å²) in [6.45, 7) is 0. The van der Waals surface area contributed by atoms with E-state index in [1.165, 1.54) is 0 Å². The number of carbonyl (C=O) groups is 2. The lowest BCUT2D eigenvalue weighted by Gasteiger charge is -2.22. The van der Waals surface area contributed by atoms with E-state index >= 15 is 0 Å². The van der Waals surface area contributed by atoms with Gasteiger partial charge in [-0.3, -0.25) is 14.9 Å². The first-order valence-corrected chi connectivity index (χ1v) is 4.83. The zero-order chi connectivity index (χ0) is 10.1. The summed E-state index contributed by atoms with van der Waals surface area (Å²) in [5, 5.41) is 21.8. The number of amides is 2. The molecule has 2 saturated carbocycles. The summed E-state index contributed by atoms with van der Waals surface area (Å²) in [6.07, 6.45) is 1.25. The number of hydrogen-bond donors (Lipinski definition) is 3. The van der Waals surface area contributed by atoms with E-state index in [2.05, 4.69) is 5.32 Å². The second kappa shape index (κ2) is 2.17. The standard InChI is InChI=1S/C9H11NO4/c11-7-5-3-1-2-4(9(3,13)14)6(5)8(12)10-7/h3-6,13-14H,1-2H2,(H,10,11,12)/t3-,4+,5-,6+. The van der Waals surface area contributed by atoms with Crippen molar-refractivity contribution >= 4 is 11.8 Å². The summed E-state index contributed by atoms with van der Waals surface area (Å²) in [5.41, 5.74) is 0. The van der Waals surface area contributed by atoms with Gasteiger partial charge < -0.3 is 10.2 Å². The molecule has 4 atom stereocenters. The Morgan fingerprint density at radius 2 is 1.50 bits per heavy atom. The maximum absolute atomic E-state index is 11.4. The van der Waals surface area contributed by atoms with Crippen molar-refractivity contribution in [1.82, 2.24) is 5.32 Å². The summed E-state index contributed by atoms with van der Waals surface area (Å²) in [6, 6.07) is 0. The third-order valence-electron chi connectivity index (χ3n) is 3.99. The van der Waals surface area contributed by atoms with E-state index in [1.54, 1.807) is 0 Å². The van der Waals surface area contributed by atoms with E-state index in [1.807, 2.05) is 0 Å². The monoisotopic (exact) mass is 197 g/mol. The fourth-order valence-corrected chi connectivity index (χ4v) is 3.43. The lowest BCUT2D eigenvalue weighted by Crippen LogP contribution is -2.40. The average Bonchev–Trinajstić information content (AvgIpc) is 2.63. The van der Waals surface area contributed by atoms with Crippen LogP contribution in [0, 0.1) is 23.7 Å². The van der Waals surface area contributed by atoms with Crippen molar-refractivity contribution in [3.05, 3.63) is 0 Å². The van der Waals surface area contributed by atoms with Crippen LogP contribution >= 0.6 is 0 Å². The maximum Gasteiger partial charge on any atom is 0.230 e. The molecular weight excluding hydrogens is 186 g/mol. The van der Waals surface area contributed by atoms with Crippen LogP contribution in [0.15, 0.2) is 0 Å². The Balaban J connectivity index is 2.08. The fraction of sp³-hybridized carbons (Fsp3) is 0.778. The van der Waals surface area contributed by atoms with Gasteiger partial charge in [-0.1, -0.05) is 0 Å². The lowest BCUT2D eigenvalue weighted by molar-refractivity contribution is -0.200. The van der Waals surface area contributed by atoms with Gasteiger partial charge in [0.1, 0.15) is 0 Å². The second-order valence-electron chi connectivity index (χ2n) is 4.48. The molecule has 2 aliphatic carbocycles. The number of fused-ring (bicyclic) bond motifs is 5. The van der Waals surface area contributed by atoms with E-state index in [4.69, 9.17) is 0 Å². The Morgan fingerprint density at radius 1 is 1.07 bits per heavy atom. The molecule has 2 bridgehead atoms. The predicted octanol–water partition coefficient (Wildman–Crippen LogP) is -1.40. The number of carbonyl (C=O) groups excluding carboxylic acids is 2. The third kappa shape index (κ3) is 0.697. The molecule has 0 aromatic heterocycles. The number of aliphatic hydroxyl groups is 2. The van der Waals surface area contributed by atoms with Crippen LogP contribution < -0.4 is 5.32 Å². The van der Waals surface area contributed by atoms with E-state index in [0.717, 1.165) is 0 Å². The highest BCUT2D eigenvalue weighted by Gasteiger charge is 2.69. The SMILES string of the molecule is O=C1NC(=O)[C@H]2[C@@H]1[C@@H]1CC[C@H]2C1(O)O. The molecule has 5 heteroatoms. The van der Waals surface area contributed by atoms with Crippen molar-refractivity contribution in [2.75, 3.05) is 0 Å². The maximum atomic E-state index is 11.4. The summed E-state index contributed by atoms with van der Waals surface area (Å²) in [5.74, 6) is -4.39. The van der Waals surface area contributed by atoms with Crippen molar-refractivity contribution in [3.63, 3.8) is 0 Å². The first-order chi connectivity index (χ1) is 6.53. The number of nitrogens with one attached hydrogen (secondary N) is 1. The van der Waals surface area contributed by atoms with Crippen LogP contribution in [-0.2, 0) is 9.59 Å². The molecule has 14 heavy (non-hydrogen) atoms. The van der Waals surface area contributed by atoms with Gasteiger partial charge in [-0.2, -0.15) is 0 Å². The van der Waals surface area contributed by atoms with Crippen LogP contribution in [-0.4, -0.2) is 27.8 Å². The molecule has 1 aliphatic heterocycles. The van der Waals surface area contributed by atoms with Crippen LogP contribution in [0.3, 0.4) is 0 Å². The molecule has 3 aliphatic rings. The molecule has 5 nitrogen and oxygen atoms in total. The fourth-order valence-electron chi connectivity index (χ4n) is 3.43. The van der Waals surface area contributed by atoms with Gasteiger partial charge in [0.05, 0.1) is 11.8 Å². The Kier molecular flexibility index (Phi) is 1.30. The topological polar surface area (TPSA) is 86.6 Å². The number of hydrogen-bond acceptors (Lipinski definition) is 4. The summed E-state index contributed by atoms with van der Waals surface area (Å²) < 4.78 is 0. The summed E-state index contributed by atoms with van der Waals surface area (Å²) >= 11 is 0. The molecule has 0 aromatic rings. The Labute approximate surface area is 80.1 Å². The molecule has 0 aromatic carbocycles. The third-order valence-corrected chi connectivity index (χ3v) is 3.99. The van der Waals surface area contributed by atoms with Crippen LogP contribution in [0.1, 0.15) is 12.8 Å². The normalized spacial score (nSPS) is 48.1. The van der Waals surface area contributed by atoms with Crippen molar-refractivity contribution in [2.24, 2.45) is 23.7 Å². The quantitative estimate of drug-likeness (QED) is 0.329. The minimum Gasteiger partial charge on any atom is -0.365 e. The first kappa shape index (κ1) is 8.38. The minimum absolute atomic E-state index is 0.334. The van der Waals surface area contributed by atoms with Crippen LogP contribution in [0.4, 0.5) is 0 Å². The van der Waals surface area contributed by atoms with Crippen LogP contribution in [0.25, 0.3) is 0 Å². The van der Waals surface area contributed by atoms with Crippen molar-refractivity contribution < 1.29 is 19.8 Å². The molecule has 0 unspecified atom stereocenters. The zero-order valence-electron chi connectivity index (χ0n) is 7.43. The number of rotatable bonds is 0. The second-order valence-corrected chi connectivity index (χ2v) is 4.48. The predicted molar refractivity (Wildman–Crippen MR) is 43.5 cm³/mol. The molecule has 1 heterocycles. The molecule has 2 amide bonds. The van der Waals surface area contributed by atoms with Crippen LogP contribution in [0.5, 0.6) is 0 Å². The Morgan fingerprint density at radius 3 is 1.93 bits per heavy atom. The largest absolute Gasteiger partial charge is 0.365 e. The van der Waals surface area contributed by atoms with Crippen molar-refractivity contribution in [1.29, 1.82) is 0 Å². The highest BCUT2D eigenvalue weighted by molar-refractivity contribution is 6.06. The Bertz CT molecular complexity index is 308. The lowest BCUT2D eigenvalue weighted by atomic mass is 9.81. The number of imide groups is 1. The first-order valence-electron chi connectivity index (χ1n) is 4.83. The summed E-state index contributed by atoms with van der Waals surface area (Å²) in [4.78, 5) is 22.8. The van der Waals surface area contributed by atoms with Gasteiger partial charge >= 0.3 is 0 Å². The smallest absolute Gasteiger partial charge is 0.230 e. The van der Waals surface area contributed by atoms with Gasteiger partial charge in [0.25, 0.3) is 0 Å². The van der Waals surface area contributed by atoms with E-state index in [9.17, 15) is 19.8 Å². The molecule has 0 spiro atoms.